The summed E-state index contributed by atoms with van der Waals surface area (Å²) in [5.41, 5.74) is 4.08. The lowest BCUT2D eigenvalue weighted by Crippen LogP contribution is -2.29. The van der Waals surface area contributed by atoms with E-state index in [-0.39, 0.29) is 28.4 Å². The molecule has 42 heavy (non-hydrogen) atoms. The molecule has 1 amide bonds. The highest BCUT2D eigenvalue weighted by Gasteiger charge is 2.48. The van der Waals surface area contributed by atoms with Crippen molar-refractivity contribution in [1.82, 2.24) is 10.2 Å². The van der Waals surface area contributed by atoms with Gasteiger partial charge in [0.2, 0.25) is 5.13 Å². The minimum atomic E-state index is -0.891. The van der Waals surface area contributed by atoms with Crippen LogP contribution in [0.25, 0.3) is 5.76 Å². The number of carbonyl (C=O) groups excluding carboxylic acids is 2. The van der Waals surface area contributed by atoms with Crippen molar-refractivity contribution in [1.29, 1.82) is 0 Å². The number of hydrogen-bond donors (Lipinski definition) is 1. The first-order valence-electron chi connectivity index (χ1n) is 13.6. The number of amides is 1. The molecule has 0 radical (unpaired) electrons. The van der Waals surface area contributed by atoms with Gasteiger partial charge in [0.05, 0.1) is 11.6 Å². The summed E-state index contributed by atoms with van der Waals surface area (Å²) in [4.78, 5) is 28.5. The Hall–Kier alpha value is -4.02. The highest BCUT2D eigenvalue weighted by molar-refractivity contribution is 8.00. The molecular weight excluding hydrogens is 574 g/mol. The van der Waals surface area contributed by atoms with Gasteiger partial charge in [-0.2, -0.15) is 0 Å². The van der Waals surface area contributed by atoms with Gasteiger partial charge in [-0.1, -0.05) is 73.3 Å². The van der Waals surface area contributed by atoms with E-state index in [9.17, 15) is 19.1 Å². The standard InChI is InChI=1S/C32H28FN3O4S2/c1-17(2)20-6-8-21(9-7-20)27-26(28(37)22-10-13-25-23(15-22)14-18(3)40-25)29(38)30(39)36(27)31-34-35-32(42-31)41-16-19-4-11-24(33)12-5-19/h4-13,15,17-18,27,37H,14,16H2,1-3H3. The topological polar surface area (TPSA) is 92.6 Å². The summed E-state index contributed by atoms with van der Waals surface area (Å²) in [6.07, 6.45) is 0.712. The van der Waals surface area contributed by atoms with Gasteiger partial charge < -0.3 is 9.84 Å². The molecule has 3 aromatic carbocycles. The minimum absolute atomic E-state index is 0.0000686. The lowest BCUT2D eigenvalue weighted by Gasteiger charge is -2.23. The maximum absolute atomic E-state index is 13.6. The second-order valence-electron chi connectivity index (χ2n) is 10.7. The number of thioether (sulfide) groups is 1. The quantitative estimate of drug-likeness (QED) is 0.0798. The van der Waals surface area contributed by atoms with Crippen molar-refractivity contribution < 1.29 is 23.8 Å². The van der Waals surface area contributed by atoms with E-state index in [4.69, 9.17) is 4.74 Å². The number of fused-ring (bicyclic) bond motifs is 1. The highest BCUT2D eigenvalue weighted by atomic mass is 32.2. The van der Waals surface area contributed by atoms with Gasteiger partial charge in [0.15, 0.2) is 4.34 Å². The Labute approximate surface area is 251 Å². The molecule has 1 saturated heterocycles. The van der Waals surface area contributed by atoms with Crippen molar-refractivity contribution in [2.45, 2.75) is 55.3 Å². The molecule has 1 N–H and O–H groups in total. The van der Waals surface area contributed by atoms with Crippen molar-refractivity contribution in [3.05, 3.63) is 106 Å². The Bertz CT molecular complexity index is 1700. The number of Topliss-reactive ketones (excluding diaryl/α,β-unsaturated/α-hetero) is 1. The third-order valence-corrected chi connectivity index (χ3v) is 9.54. The van der Waals surface area contributed by atoms with Gasteiger partial charge in [-0.15, -0.1) is 10.2 Å². The Balaban J connectivity index is 1.39. The zero-order valence-corrected chi connectivity index (χ0v) is 24.8. The molecule has 10 heteroatoms. The van der Waals surface area contributed by atoms with E-state index in [1.807, 2.05) is 37.3 Å². The summed E-state index contributed by atoms with van der Waals surface area (Å²) in [7, 11) is 0. The fourth-order valence-corrected chi connectivity index (χ4v) is 7.04. The Morgan fingerprint density at radius 1 is 1.10 bits per heavy atom. The van der Waals surface area contributed by atoms with Gasteiger partial charge in [0.25, 0.3) is 5.78 Å². The number of ether oxygens (including phenoxy) is 1. The molecule has 3 heterocycles. The van der Waals surface area contributed by atoms with Crippen LogP contribution < -0.4 is 9.64 Å². The molecule has 0 bridgehead atoms. The molecule has 2 aliphatic heterocycles. The molecule has 0 saturated carbocycles. The van der Waals surface area contributed by atoms with Crippen LogP contribution in [0.3, 0.4) is 0 Å². The molecule has 0 aliphatic carbocycles. The SMILES string of the molecule is CC1Cc2cc(C(O)=C3C(=O)C(=O)N(c4nnc(SCc5ccc(F)cc5)s4)C3c3ccc(C(C)C)cc3)ccc2O1. The predicted molar refractivity (Wildman–Crippen MR) is 161 cm³/mol. The predicted octanol–water partition coefficient (Wildman–Crippen LogP) is 7.04. The molecule has 2 atom stereocenters. The van der Waals surface area contributed by atoms with Crippen LogP contribution in [0.1, 0.15) is 60.5 Å². The van der Waals surface area contributed by atoms with Crippen LogP contribution in [0.5, 0.6) is 5.75 Å². The summed E-state index contributed by atoms with van der Waals surface area (Å²) in [5.74, 6) is -0.530. The smallest absolute Gasteiger partial charge is 0.301 e. The van der Waals surface area contributed by atoms with E-state index >= 15 is 0 Å². The van der Waals surface area contributed by atoms with Gasteiger partial charge in [-0.25, -0.2) is 4.39 Å². The molecule has 7 nitrogen and oxygen atoms in total. The summed E-state index contributed by atoms with van der Waals surface area (Å²) in [5, 5.41) is 20.3. The molecule has 214 valence electrons. The third-order valence-electron chi connectivity index (χ3n) is 7.41. The monoisotopic (exact) mass is 601 g/mol. The number of carbonyl (C=O) groups is 2. The number of aliphatic hydroxyl groups is 1. The summed E-state index contributed by atoms with van der Waals surface area (Å²) >= 11 is 2.59. The number of ketones is 1. The molecule has 6 rings (SSSR count). The lowest BCUT2D eigenvalue weighted by molar-refractivity contribution is -0.132. The fourth-order valence-electron chi connectivity index (χ4n) is 5.22. The second-order valence-corrected chi connectivity index (χ2v) is 12.9. The van der Waals surface area contributed by atoms with E-state index in [1.165, 1.54) is 40.1 Å². The van der Waals surface area contributed by atoms with E-state index < -0.39 is 17.7 Å². The molecule has 2 unspecified atom stereocenters. The van der Waals surface area contributed by atoms with Crippen LogP contribution >= 0.6 is 23.1 Å². The number of nitrogens with zero attached hydrogens (tertiary/aromatic N) is 3. The minimum Gasteiger partial charge on any atom is -0.507 e. The average molecular weight is 602 g/mol. The maximum Gasteiger partial charge on any atom is 0.301 e. The lowest BCUT2D eigenvalue weighted by atomic mass is 9.93. The van der Waals surface area contributed by atoms with Crippen LogP contribution in [-0.2, 0) is 21.8 Å². The van der Waals surface area contributed by atoms with E-state index in [0.29, 0.717) is 33.6 Å². The van der Waals surface area contributed by atoms with Gasteiger partial charge in [-0.3, -0.25) is 14.5 Å². The number of hydrogen-bond acceptors (Lipinski definition) is 8. The molecule has 0 spiro atoms. The first-order valence-corrected chi connectivity index (χ1v) is 15.4. The van der Waals surface area contributed by atoms with Crippen molar-refractivity contribution in [2.75, 3.05) is 4.90 Å². The normalized spacial score (nSPS) is 19.4. The van der Waals surface area contributed by atoms with Crippen LogP contribution in [0.15, 0.2) is 76.6 Å². The van der Waals surface area contributed by atoms with E-state index in [1.54, 1.807) is 24.3 Å². The number of anilines is 1. The van der Waals surface area contributed by atoms with E-state index in [2.05, 4.69) is 24.0 Å². The van der Waals surface area contributed by atoms with Crippen LogP contribution in [0.2, 0.25) is 0 Å². The molecule has 1 fully saturated rings. The van der Waals surface area contributed by atoms with Crippen molar-refractivity contribution >= 4 is 45.7 Å². The van der Waals surface area contributed by atoms with Gasteiger partial charge >= 0.3 is 5.91 Å². The largest absolute Gasteiger partial charge is 0.507 e. The Morgan fingerprint density at radius 2 is 1.83 bits per heavy atom. The molecule has 4 aromatic rings. The average Bonchev–Trinajstić information content (AvgIpc) is 3.67. The van der Waals surface area contributed by atoms with E-state index in [0.717, 1.165) is 22.4 Å². The van der Waals surface area contributed by atoms with Crippen molar-refractivity contribution in [2.24, 2.45) is 0 Å². The number of rotatable bonds is 7. The summed E-state index contributed by atoms with van der Waals surface area (Å²) in [6, 6.07) is 18.3. The molecule has 1 aromatic heterocycles. The maximum atomic E-state index is 13.6. The fraction of sp³-hybridized carbons (Fsp3) is 0.250. The van der Waals surface area contributed by atoms with Crippen LogP contribution in [0, 0.1) is 5.82 Å². The van der Waals surface area contributed by atoms with Gasteiger partial charge in [0.1, 0.15) is 23.4 Å². The zero-order valence-electron chi connectivity index (χ0n) is 23.2. The third kappa shape index (κ3) is 5.32. The molecule has 2 aliphatic rings. The molecular formula is C32H28FN3O4S2. The number of aliphatic hydroxyl groups excluding tert-OH is 1. The Kier molecular flexibility index (Phi) is 7.59. The van der Waals surface area contributed by atoms with Crippen LogP contribution in [-0.4, -0.2) is 33.1 Å². The first kappa shape index (κ1) is 28.1. The summed E-state index contributed by atoms with van der Waals surface area (Å²) < 4.78 is 19.7. The van der Waals surface area contributed by atoms with Crippen molar-refractivity contribution in [3.63, 3.8) is 0 Å². The Morgan fingerprint density at radius 3 is 2.55 bits per heavy atom. The number of benzene rings is 3. The summed E-state index contributed by atoms with van der Waals surface area (Å²) in [6.45, 7) is 6.15. The van der Waals surface area contributed by atoms with Crippen molar-refractivity contribution in [3.8, 4) is 5.75 Å². The highest BCUT2D eigenvalue weighted by Crippen LogP contribution is 2.45. The first-order chi connectivity index (χ1) is 20.2. The number of aromatic nitrogens is 2. The second kappa shape index (κ2) is 11.3. The number of halogens is 1. The zero-order chi connectivity index (χ0) is 29.5. The van der Waals surface area contributed by atoms with Gasteiger partial charge in [0, 0.05) is 17.7 Å². The van der Waals surface area contributed by atoms with Crippen LogP contribution in [0.4, 0.5) is 9.52 Å². The van der Waals surface area contributed by atoms with Gasteiger partial charge in [-0.05, 0) is 65.4 Å².